The summed E-state index contributed by atoms with van der Waals surface area (Å²) in [5, 5.41) is 8.15. The van der Waals surface area contributed by atoms with E-state index in [9.17, 15) is 9.18 Å². The number of hydrogen-bond acceptors (Lipinski definition) is 3. The maximum absolute atomic E-state index is 13.2. The van der Waals surface area contributed by atoms with Gasteiger partial charge in [0.15, 0.2) is 0 Å². The Hall–Kier alpha value is -3.54. The quantitative estimate of drug-likeness (QED) is 0.588. The molecule has 0 aliphatic carbocycles. The maximum Gasteiger partial charge on any atom is 0.259 e. The molecule has 1 N–H and O–H groups in total. The van der Waals surface area contributed by atoms with Gasteiger partial charge in [-0.3, -0.25) is 9.78 Å². The lowest BCUT2D eigenvalue weighted by Gasteiger charge is -2.09. The first kappa shape index (κ1) is 16.9. The Labute approximate surface area is 155 Å². The monoisotopic (exact) mass is 360 g/mol. The minimum atomic E-state index is -0.314. The summed E-state index contributed by atoms with van der Waals surface area (Å²) >= 11 is 0. The number of fused-ring (bicyclic) bond motifs is 1. The maximum atomic E-state index is 13.2. The van der Waals surface area contributed by atoms with Crippen molar-refractivity contribution in [2.75, 3.05) is 5.32 Å². The van der Waals surface area contributed by atoms with Gasteiger partial charge in [-0.15, -0.1) is 0 Å². The van der Waals surface area contributed by atoms with Gasteiger partial charge in [-0.2, -0.15) is 5.10 Å². The van der Waals surface area contributed by atoms with Gasteiger partial charge >= 0.3 is 0 Å². The minimum Gasteiger partial charge on any atom is -0.320 e. The van der Waals surface area contributed by atoms with Crippen LogP contribution < -0.4 is 5.32 Å². The molecule has 0 fully saturated rings. The molecule has 0 aliphatic rings. The molecular weight excluding hydrogens is 343 g/mol. The molecular formula is C21H17FN4O. The van der Waals surface area contributed by atoms with E-state index in [1.165, 1.54) is 18.3 Å². The molecule has 2 aromatic carbocycles. The van der Waals surface area contributed by atoms with Crippen LogP contribution in [0.2, 0.25) is 0 Å². The number of carbonyl (C=O) groups excluding carboxylic acids is 1. The van der Waals surface area contributed by atoms with E-state index in [0.717, 1.165) is 16.6 Å². The fraction of sp³-hybridized carbons (Fsp3) is 0.0952. The van der Waals surface area contributed by atoms with E-state index < -0.39 is 0 Å². The van der Waals surface area contributed by atoms with Gasteiger partial charge in [0.2, 0.25) is 0 Å². The van der Waals surface area contributed by atoms with Crippen LogP contribution in [0.3, 0.4) is 0 Å². The number of amides is 1. The zero-order valence-electron chi connectivity index (χ0n) is 14.7. The molecule has 0 aliphatic heterocycles. The molecule has 2 heterocycles. The molecule has 1 amide bonds. The van der Waals surface area contributed by atoms with Crippen LogP contribution in [0, 0.1) is 5.82 Å². The summed E-state index contributed by atoms with van der Waals surface area (Å²) in [6.45, 7) is 1.95. The molecule has 4 rings (SSSR count). The lowest BCUT2D eigenvalue weighted by atomic mass is 10.1. The molecule has 4 aromatic rings. The number of para-hydroxylation sites is 1. The van der Waals surface area contributed by atoms with Gasteiger partial charge in [-0.05, 0) is 42.8 Å². The van der Waals surface area contributed by atoms with Crippen molar-refractivity contribution in [3.63, 3.8) is 0 Å². The van der Waals surface area contributed by atoms with Crippen molar-refractivity contribution in [3.8, 4) is 5.69 Å². The molecule has 27 heavy (non-hydrogen) atoms. The van der Waals surface area contributed by atoms with Crippen molar-refractivity contribution in [2.45, 2.75) is 13.3 Å². The largest absolute Gasteiger partial charge is 0.320 e. The highest BCUT2D eigenvalue weighted by molar-refractivity contribution is 6.05. The van der Waals surface area contributed by atoms with E-state index in [-0.39, 0.29) is 11.7 Å². The Morgan fingerprint density at radius 1 is 1.11 bits per heavy atom. The van der Waals surface area contributed by atoms with Crippen LogP contribution in [0.15, 0.2) is 67.0 Å². The topological polar surface area (TPSA) is 59.8 Å². The number of anilines is 1. The summed E-state index contributed by atoms with van der Waals surface area (Å²) < 4.78 is 14.8. The van der Waals surface area contributed by atoms with Crippen LogP contribution in [0.1, 0.15) is 23.0 Å². The standard InChI is InChI=1S/C21H17FN4O/c1-2-20-18(13-24-26(20)17-9-7-15(22)8-10-17)21(27)25-16-11-14-5-3-4-6-19(14)23-12-16/h3-13H,2H2,1H3,(H,25,27). The predicted octanol–water partition coefficient (Wildman–Crippen LogP) is 4.37. The van der Waals surface area contributed by atoms with Gasteiger partial charge in [0, 0.05) is 5.39 Å². The SMILES string of the molecule is CCc1c(C(=O)Nc2cnc3ccccc3c2)cnn1-c1ccc(F)cc1. The van der Waals surface area contributed by atoms with E-state index >= 15 is 0 Å². The second-order valence-electron chi connectivity index (χ2n) is 6.12. The number of rotatable bonds is 4. The molecule has 0 spiro atoms. The first-order chi connectivity index (χ1) is 13.2. The third-order valence-electron chi connectivity index (χ3n) is 4.37. The van der Waals surface area contributed by atoms with Gasteiger partial charge in [-0.1, -0.05) is 25.1 Å². The molecule has 0 saturated heterocycles. The number of nitrogens with zero attached hydrogens (tertiary/aromatic N) is 3. The molecule has 134 valence electrons. The summed E-state index contributed by atoms with van der Waals surface area (Å²) in [7, 11) is 0. The first-order valence-electron chi connectivity index (χ1n) is 8.64. The van der Waals surface area contributed by atoms with Crippen molar-refractivity contribution in [3.05, 3.63) is 84.1 Å². The van der Waals surface area contributed by atoms with E-state index in [4.69, 9.17) is 0 Å². The molecule has 0 radical (unpaired) electrons. The molecule has 2 aromatic heterocycles. The Kier molecular flexibility index (Phi) is 4.38. The summed E-state index contributed by atoms with van der Waals surface area (Å²) in [4.78, 5) is 17.1. The van der Waals surface area contributed by atoms with Gasteiger partial charge in [0.1, 0.15) is 5.82 Å². The van der Waals surface area contributed by atoms with Crippen LogP contribution in [0.5, 0.6) is 0 Å². The van der Waals surface area contributed by atoms with Crippen LogP contribution in [0.4, 0.5) is 10.1 Å². The molecule has 5 nitrogen and oxygen atoms in total. The first-order valence-corrected chi connectivity index (χ1v) is 8.64. The van der Waals surface area contributed by atoms with Crippen LogP contribution in [-0.2, 0) is 6.42 Å². The van der Waals surface area contributed by atoms with E-state index in [1.807, 2.05) is 37.3 Å². The minimum absolute atomic E-state index is 0.253. The van der Waals surface area contributed by atoms with Gasteiger partial charge in [0.25, 0.3) is 5.91 Å². The van der Waals surface area contributed by atoms with Crippen LogP contribution >= 0.6 is 0 Å². The fourth-order valence-electron chi connectivity index (χ4n) is 3.05. The zero-order valence-corrected chi connectivity index (χ0v) is 14.7. The molecule has 0 saturated carbocycles. The lowest BCUT2D eigenvalue weighted by molar-refractivity contribution is 0.102. The Morgan fingerprint density at radius 2 is 1.89 bits per heavy atom. The average molecular weight is 360 g/mol. The molecule has 0 bridgehead atoms. The number of hydrogen-bond donors (Lipinski definition) is 1. The third kappa shape index (κ3) is 3.29. The summed E-state index contributed by atoms with van der Waals surface area (Å²) in [6, 6.07) is 15.6. The summed E-state index contributed by atoms with van der Waals surface area (Å²) in [5.74, 6) is -0.567. The summed E-state index contributed by atoms with van der Waals surface area (Å²) in [6.07, 6.45) is 3.78. The lowest BCUT2D eigenvalue weighted by Crippen LogP contribution is -2.14. The predicted molar refractivity (Wildman–Crippen MR) is 103 cm³/mol. The second-order valence-corrected chi connectivity index (χ2v) is 6.12. The summed E-state index contributed by atoms with van der Waals surface area (Å²) in [5.41, 5.74) is 3.44. The normalized spacial score (nSPS) is 10.9. The van der Waals surface area contributed by atoms with Gasteiger partial charge in [-0.25, -0.2) is 9.07 Å². The Bertz CT molecular complexity index is 1120. The highest BCUT2D eigenvalue weighted by Gasteiger charge is 2.17. The smallest absolute Gasteiger partial charge is 0.259 e. The van der Waals surface area contributed by atoms with Crippen LogP contribution in [0.25, 0.3) is 16.6 Å². The highest BCUT2D eigenvalue weighted by Crippen LogP contribution is 2.20. The Balaban J connectivity index is 1.64. The van der Waals surface area contributed by atoms with Crippen molar-refractivity contribution in [1.82, 2.24) is 14.8 Å². The van der Waals surface area contributed by atoms with E-state index in [1.54, 1.807) is 23.0 Å². The van der Waals surface area contributed by atoms with Crippen LogP contribution in [-0.4, -0.2) is 20.7 Å². The molecule has 0 atom stereocenters. The van der Waals surface area contributed by atoms with Gasteiger partial charge in [0.05, 0.1) is 40.5 Å². The van der Waals surface area contributed by atoms with Crippen molar-refractivity contribution >= 4 is 22.5 Å². The number of nitrogens with one attached hydrogen (secondary N) is 1. The van der Waals surface area contributed by atoms with Crippen molar-refractivity contribution in [2.24, 2.45) is 0 Å². The number of halogens is 1. The zero-order chi connectivity index (χ0) is 18.8. The number of aromatic nitrogens is 3. The number of benzene rings is 2. The average Bonchev–Trinajstić information content (AvgIpc) is 3.12. The fourth-order valence-corrected chi connectivity index (χ4v) is 3.05. The number of carbonyl (C=O) groups is 1. The highest BCUT2D eigenvalue weighted by atomic mass is 19.1. The van der Waals surface area contributed by atoms with E-state index in [2.05, 4.69) is 15.4 Å². The molecule has 6 heteroatoms. The van der Waals surface area contributed by atoms with Crippen molar-refractivity contribution in [1.29, 1.82) is 0 Å². The van der Waals surface area contributed by atoms with E-state index in [0.29, 0.717) is 23.4 Å². The third-order valence-corrected chi connectivity index (χ3v) is 4.37. The molecule has 0 unspecified atom stereocenters. The number of pyridine rings is 1. The van der Waals surface area contributed by atoms with Crippen molar-refractivity contribution < 1.29 is 9.18 Å². The van der Waals surface area contributed by atoms with Gasteiger partial charge < -0.3 is 5.32 Å². The second kappa shape index (κ2) is 6.99. The Morgan fingerprint density at radius 3 is 2.67 bits per heavy atom.